The number of aliphatic hydroxyl groups is 1. The molecule has 3 aromatic rings. The third-order valence-electron chi connectivity index (χ3n) is 4.22. The van der Waals surface area contributed by atoms with E-state index in [1.807, 2.05) is 15.8 Å². The van der Waals surface area contributed by atoms with E-state index in [2.05, 4.69) is 22.0 Å². The van der Waals surface area contributed by atoms with Crippen LogP contribution in [0.25, 0.3) is 16.0 Å². The Morgan fingerprint density at radius 2 is 2.08 bits per heavy atom. The van der Waals surface area contributed by atoms with Crippen LogP contribution in [0.5, 0.6) is 0 Å². The van der Waals surface area contributed by atoms with Crippen molar-refractivity contribution >= 4 is 27.3 Å². The molecule has 0 bridgehead atoms. The van der Waals surface area contributed by atoms with Crippen LogP contribution in [-0.2, 0) is 13.6 Å². The Morgan fingerprint density at radius 1 is 1.29 bits per heavy atom. The van der Waals surface area contributed by atoms with Crippen LogP contribution in [0.1, 0.15) is 32.0 Å². The van der Waals surface area contributed by atoms with Crippen molar-refractivity contribution in [2.45, 2.75) is 32.7 Å². The minimum absolute atomic E-state index is 0.0328. The van der Waals surface area contributed by atoms with Gasteiger partial charge in [-0.2, -0.15) is 0 Å². The first kappa shape index (κ1) is 17.1. The van der Waals surface area contributed by atoms with E-state index in [1.165, 1.54) is 11.3 Å². The van der Waals surface area contributed by atoms with Gasteiger partial charge >= 0.3 is 0 Å². The van der Waals surface area contributed by atoms with Crippen molar-refractivity contribution < 1.29 is 5.11 Å². The first-order chi connectivity index (χ1) is 11.7. The summed E-state index contributed by atoms with van der Waals surface area (Å²) >= 11 is 1.45. The van der Waals surface area contributed by atoms with Crippen molar-refractivity contribution in [2.24, 2.45) is 7.05 Å². The van der Waals surface area contributed by atoms with Gasteiger partial charge in [-0.1, -0.05) is 13.3 Å². The summed E-state index contributed by atoms with van der Waals surface area (Å²) in [6.07, 6.45) is 2.97. The molecule has 130 valence electrons. The lowest BCUT2D eigenvalue weighted by Gasteiger charge is -2.20. The van der Waals surface area contributed by atoms with Crippen LogP contribution in [-0.4, -0.2) is 48.9 Å². The van der Waals surface area contributed by atoms with Crippen LogP contribution in [0.2, 0.25) is 0 Å². The smallest absolute Gasteiger partial charge is 0.272 e. The molecule has 1 N–H and O–H groups in total. The molecule has 0 atom stereocenters. The van der Waals surface area contributed by atoms with Gasteiger partial charge in [-0.05, 0) is 30.8 Å². The van der Waals surface area contributed by atoms with Gasteiger partial charge in [0.1, 0.15) is 4.70 Å². The standard InChI is InChI=1S/C16H23N5O2S/c1-3-4-7-20(8-5-9-22)11-13-17-18-16-19(2)15(23)14-12(21(13)16)6-10-24-14/h6,10,22H,3-5,7-9,11H2,1-2H3. The largest absolute Gasteiger partial charge is 0.396 e. The third-order valence-corrected chi connectivity index (χ3v) is 5.11. The van der Waals surface area contributed by atoms with Gasteiger partial charge in [0.05, 0.1) is 12.1 Å². The number of hydrogen-bond acceptors (Lipinski definition) is 6. The highest BCUT2D eigenvalue weighted by atomic mass is 32.1. The van der Waals surface area contributed by atoms with E-state index in [9.17, 15) is 4.79 Å². The van der Waals surface area contributed by atoms with Crippen molar-refractivity contribution in [2.75, 3.05) is 19.7 Å². The first-order valence-electron chi connectivity index (χ1n) is 8.30. The zero-order valence-corrected chi connectivity index (χ0v) is 14.9. The van der Waals surface area contributed by atoms with Crippen LogP contribution in [0.4, 0.5) is 0 Å². The molecule has 0 saturated heterocycles. The van der Waals surface area contributed by atoms with Crippen LogP contribution in [0.15, 0.2) is 16.2 Å². The molecule has 0 saturated carbocycles. The van der Waals surface area contributed by atoms with E-state index in [1.54, 1.807) is 11.6 Å². The number of aryl methyl sites for hydroxylation is 1. The van der Waals surface area contributed by atoms with Gasteiger partial charge in [-0.25, -0.2) is 0 Å². The van der Waals surface area contributed by atoms with Crippen molar-refractivity contribution in [1.29, 1.82) is 0 Å². The molecule has 0 fully saturated rings. The second-order valence-electron chi connectivity index (χ2n) is 5.96. The average molecular weight is 349 g/mol. The zero-order valence-electron chi connectivity index (χ0n) is 14.1. The zero-order chi connectivity index (χ0) is 17.1. The lowest BCUT2D eigenvalue weighted by Crippen LogP contribution is -2.27. The molecule has 0 aliphatic carbocycles. The molecule has 0 spiro atoms. The Balaban J connectivity index is 2.01. The van der Waals surface area contributed by atoms with E-state index < -0.39 is 0 Å². The fourth-order valence-corrected chi connectivity index (χ4v) is 3.75. The summed E-state index contributed by atoms with van der Waals surface area (Å²) in [6, 6.07) is 1.95. The highest BCUT2D eigenvalue weighted by Crippen LogP contribution is 2.20. The molecule has 8 heteroatoms. The normalized spacial score (nSPS) is 12.0. The number of aromatic nitrogens is 4. The number of nitrogens with zero attached hydrogens (tertiary/aromatic N) is 5. The molecule has 0 aliphatic rings. The third kappa shape index (κ3) is 3.09. The summed E-state index contributed by atoms with van der Waals surface area (Å²) < 4.78 is 4.26. The van der Waals surface area contributed by atoms with Crippen molar-refractivity contribution in [3.63, 3.8) is 0 Å². The van der Waals surface area contributed by atoms with Crippen molar-refractivity contribution in [3.8, 4) is 0 Å². The highest BCUT2D eigenvalue weighted by molar-refractivity contribution is 7.17. The summed E-state index contributed by atoms with van der Waals surface area (Å²) in [5.41, 5.74) is 0.838. The van der Waals surface area contributed by atoms with Crippen molar-refractivity contribution in [1.82, 2.24) is 24.1 Å². The first-order valence-corrected chi connectivity index (χ1v) is 9.18. The minimum Gasteiger partial charge on any atom is -0.396 e. The maximum Gasteiger partial charge on any atom is 0.272 e. The van der Waals surface area contributed by atoms with E-state index in [0.29, 0.717) is 12.3 Å². The Hall–Kier alpha value is -1.77. The molecular weight excluding hydrogens is 326 g/mol. The minimum atomic E-state index is -0.0328. The lowest BCUT2D eigenvalue weighted by atomic mass is 10.3. The summed E-state index contributed by atoms with van der Waals surface area (Å²) in [4.78, 5) is 14.7. The van der Waals surface area contributed by atoms with Gasteiger partial charge < -0.3 is 5.11 Å². The van der Waals surface area contributed by atoms with Gasteiger partial charge in [0, 0.05) is 20.2 Å². The van der Waals surface area contributed by atoms with Crippen LogP contribution < -0.4 is 5.56 Å². The Kier molecular flexibility index (Phi) is 5.27. The highest BCUT2D eigenvalue weighted by Gasteiger charge is 2.17. The van der Waals surface area contributed by atoms with E-state index in [-0.39, 0.29) is 12.2 Å². The molecule has 0 aromatic carbocycles. The van der Waals surface area contributed by atoms with E-state index in [0.717, 1.165) is 48.4 Å². The monoisotopic (exact) mass is 349 g/mol. The molecular formula is C16H23N5O2S. The number of rotatable bonds is 8. The van der Waals surface area contributed by atoms with Gasteiger partial charge in [0.2, 0.25) is 5.78 Å². The maximum atomic E-state index is 12.4. The average Bonchev–Trinajstić information content (AvgIpc) is 3.21. The van der Waals surface area contributed by atoms with E-state index in [4.69, 9.17) is 5.11 Å². The second kappa shape index (κ2) is 7.42. The molecule has 3 heterocycles. The predicted octanol–water partition coefficient (Wildman–Crippen LogP) is 1.63. The molecule has 3 rings (SSSR count). The summed E-state index contributed by atoms with van der Waals surface area (Å²) in [5, 5.41) is 19.6. The van der Waals surface area contributed by atoms with Crippen LogP contribution >= 0.6 is 11.3 Å². The molecule has 24 heavy (non-hydrogen) atoms. The van der Waals surface area contributed by atoms with E-state index >= 15 is 0 Å². The molecule has 7 nitrogen and oxygen atoms in total. The molecule has 0 amide bonds. The second-order valence-corrected chi connectivity index (χ2v) is 6.87. The van der Waals surface area contributed by atoms with Gasteiger partial charge in [-0.15, -0.1) is 21.5 Å². The van der Waals surface area contributed by atoms with Gasteiger partial charge in [-0.3, -0.25) is 18.7 Å². The Bertz CT molecular complexity index is 874. The fourth-order valence-electron chi connectivity index (χ4n) is 2.90. The molecule has 0 radical (unpaired) electrons. The predicted molar refractivity (Wildman–Crippen MR) is 95.5 cm³/mol. The fraction of sp³-hybridized carbons (Fsp3) is 0.562. The number of hydrogen-bond donors (Lipinski definition) is 1. The molecule has 0 aliphatic heterocycles. The van der Waals surface area contributed by atoms with Crippen LogP contribution in [0.3, 0.4) is 0 Å². The van der Waals surface area contributed by atoms with Crippen molar-refractivity contribution in [3.05, 3.63) is 27.6 Å². The van der Waals surface area contributed by atoms with Gasteiger partial charge in [0.15, 0.2) is 5.82 Å². The van der Waals surface area contributed by atoms with Gasteiger partial charge in [0.25, 0.3) is 5.56 Å². The molecule has 3 aromatic heterocycles. The van der Waals surface area contributed by atoms with Crippen LogP contribution in [0, 0.1) is 0 Å². The SMILES string of the molecule is CCCCN(CCCO)Cc1nnc2n(C)c(=O)c3sccc3n12. The summed E-state index contributed by atoms with van der Waals surface area (Å²) in [7, 11) is 1.73. The summed E-state index contributed by atoms with van der Waals surface area (Å²) in [5.74, 6) is 1.40. The molecule has 0 unspecified atom stereocenters. The summed E-state index contributed by atoms with van der Waals surface area (Å²) in [6.45, 7) is 4.80. The Morgan fingerprint density at radius 3 is 2.83 bits per heavy atom. The lowest BCUT2D eigenvalue weighted by molar-refractivity contribution is 0.212. The number of unbranched alkanes of at least 4 members (excludes halogenated alkanes) is 1. The number of thiophene rings is 1. The quantitative estimate of drug-likeness (QED) is 0.669. The Labute approximate surface area is 144 Å². The maximum absolute atomic E-state index is 12.4. The number of fused-ring (bicyclic) bond motifs is 3. The number of aliphatic hydroxyl groups excluding tert-OH is 1. The topological polar surface area (TPSA) is 75.7 Å².